The van der Waals surface area contributed by atoms with Crippen molar-refractivity contribution in [1.82, 2.24) is 0 Å². The summed E-state index contributed by atoms with van der Waals surface area (Å²) in [5.74, 6) is 1.02. The summed E-state index contributed by atoms with van der Waals surface area (Å²) in [6.45, 7) is 0. The van der Waals surface area contributed by atoms with Crippen LogP contribution < -0.4 is 5.73 Å². The molecule has 0 bridgehead atoms. The van der Waals surface area contributed by atoms with Gasteiger partial charge in [-0.05, 0) is 29.3 Å². The van der Waals surface area contributed by atoms with Gasteiger partial charge in [0, 0.05) is 22.6 Å². The van der Waals surface area contributed by atoms with Crippen molar-refractivity contribution in [2.45, 2.75) is 16.9 Å². The third-order valence-corrected chi connectivity index (χ3v) is 4.61. The highest BCUT2D eigenvalue weighted by Crippen LogP contribution is 2.44. The Bertz CT molecular complexity index is 570. The summed E-state index contributed by atoms with van der Waals surface area (Å²) in [6.07, 6.45) is 0. The van der Waals surface area contributed by atoms with Gasteiger partial charge in [0.1, 0.15) is 5.82 Å². The number of halogens is 1. The number of fused-ring (bicyclic) bond motifs is 1. The number of rotatable bonds is 2. The van der Waals surface area contributed by atoms with E-state index >= 15 is 0 Å². The van der Waals surface area contributed by atoms with Crippen LogP contribution >= 0.6 is 11.8 Å². The molecule has 0 amide bonds. The minimum atomic E-state index is -0.220. The Labute approximate surface area is 110 Å². The van der Waals surface area contributed by atoms with E-state index in [4.69, 9.17) is 5.73 Å². The lowest BCUT2D eigenvalue weighted by Crippen LogP contribution is -2.19. The number of hydrogen-bond donors (Lipinski definition) is 1. The van der Waals surface area contributed by atoms with Crippen LogP contribution in [0.1, 0.15) is 23.1 Å². The number of thioether (sulfide) groups is 1. The van der Waals surface area contributed by atoms with E-state index in [-0.39, 0.29) is 17.8 Å². The largest absolute Gasteiger partial charge is 0.323 e. The first-order valence-electron chi connectivity index (χ1n) is 5.98. The van der Waals surface area contributed by atoms with Crippen LogP contribution in [0.2, 0.25) is 0 Å². The molecule has 0 saturated carbocycles. The van der Waals surface area contributed by atoms with E-state index in [0.717, 1.165) is 11.3 Å². The molecule has 1 nitrogen and oxygen atoms in total. The molecule has 92 valence electrons. The molecule has 2 atom stereocenters. The lowest BCUT2D eigenvalue weighted by atomic mass is 9.89. The predicted octanol–water partition coefficient (Wildman–Crippen LogP) is 3.72. The maximum atomic E-state index is 13.2. The highest BCUT2D eigenvalue weighted by atomic mass is 32.2. The molecule has 2 aromatic rings. The van der Waals surface area contributed by atoms with Crippen molar-refractivity contribution in [3.63, 3.8) is 0 Å². The van der Waals surface area contributed by atoms with Crippen LogP contribution in [-0.4, -0.2) is 5.75 Å². The quantitative estimate of drug-likeness (QED) is 0.889. The van der Waals surface area contributed by atoms with Crippen LogP contribution in [0.25, 0.3) is 0 Å². The van der Waals surface area contributed by atoms with Gasteiger partial charge in [0.15, 0.2) is 0 Å². The Balaban J connectivity index is 1.93. The van der Waals surface area contributed by atoms with Gasteiger partial charge in [-0.15, -0.1) is 11.8 Å². The summed E-state index contributed by atoms with van der Waals surface area (Å²) in [4.78, 5) is 1.30. The SMILES string of the molecule is NC(c1cccc(F)c1)C1CSc2ccccc21. The lowest BCUT2D eigenvalue weighted by molar-refractivity contribution is 0.589. The van der Waals surface area contributed by atoms with E-state index in [9.17, 15) is 4.39 Å². The third-order valence-electron chi connectivity index (χ3n) is 3.40. The van der Waals surface area contributed by atoms with Crippen LogP contribution in [0.15, 0.2) is 53.4 Å². The van der Waals surface area contributed by atoms with Gasteiger partial charge in [-0.1, -0.05) is 30.3 Å². The van der Waals surface area contributed by atoms with Gasteiger partial charge in [-0.3, -0.25) is 0 Å². The zero-order valence-corrected chi connectivity index (χ0v) is 10.7. The van der Waals surface area contributed by atoms with E-state index in [1.807, 2.05) is 30.0 Å². The number of nitrogens with two attached hydrogens (primary N) is 1. The van der Waals surface area contributed by atoms with Gasteiger partial charge in [-0.2, -0.15) is 0 Å². The zero-order valence-electron chi connectivity index (χ0n) is 9.84. The van der Waals surface area contributed by atoms with Crippen molar-refractivity contribution in [2.24, 2.45) is 5.73 Å². The fourth-order valence-corrected chi connectivity index (χ4v) is 3.74. The first kappa shape index (κ1) is 11.8. The Morgan fingerprint density at radius 1 is 1.17 bits per heavy atom. The van der Waals surface area contributed by atoms with Gasteiger partial charge in [0.2, 0.25) is 0 Å². The van der Waals surface area contributed by atoms with Gasteiger partial charge >= 0.3 is 0 Å². The first-order valence-corrected chi connectivity index (χ1v) is 6.97. The van der Waals surface area contributed by atoms with E-state index in [1.54, 1.807) is 6.07 Å². The average molecular weight is 259 g/mol. The van der Waals surface area contributed by atoms with E-state index in [2.05, 4.69) is 12.1 Å². The molecule has 0 aromatic heterocycles. The molecule has 1 heterocycles. The summed E-state index contributed by atoms with van der Waals surface area (Å²) in [5.41, 5.74) is 8.47. The standard InChI is InChI=1S/C15H14FNS/c16-11-5-3-4-10(8-11)15(17)13-9-18-14-7-2-1-6-12(13)14/h1-8,13,15H,9,17H2. The van der Waals surface area contributed by atoms with Crippen LogP contribution in [-0.2, 0) is 0 Å². The van der Waals surface area contributed by atoms with Crippen LogP contribution in [0.3, 0.4) is 0 Å². The molecule has 3 rings (SSSR count). The molecule has 2 aromatic carbocycles. The molecule has 18 heavy (non-hydrogen) atoms. The Morgan fingerprint density at radius 3 is 2.83 bits per heavy atom. The molecule has 1 aliphatic rings. The third kappa shape index (κ3) is 2.04. The van der Waals surface area contributed by atoms with E-state index in [1.165, 1.54) is 22.6 Å². The molecule has 3 heteroatoms. The van der Waals surface area contributed by atoms with Crippen molar-refractivity contribution in [3.8, 4) is 0 Å². The van der Waals surface area contributed by atoms with Gasteiger partial charge < -0.3 is 5.73 Å². The van der Waals surface area contributed by atoms with Gasteiger partial charge in [0.25, 0.3) is 0 Å². The molecule has 0 spiro atoms. The maximum Gasteiger partial charge on any atom is 0.123 e. The molecule has 0 radical (unpaired) electrons. The fourth-order valence-electron chi connectivity index (χ4n) is 2.43. The zero-order chi connectivity index (χ0) is 12.5. The first-order chi connectivity index (χ1) is 8.75. The Morgan fingerprint density at radius 2 is 2.00 bits per heavy atom. The monoisotopic (exact) mass is 259 g/mol. The molecular formula is C15H14FNS. The van der Waals surface area contributed by atoms with E-state index < -0.39 is 0 Å². The Hall–Kier alpha value is -1.32. The van der Waals surface area contributed by atoms with Crippen molar-refractivity contribution in [1.29, 1.82) is 0 Å². The molecule has 2 N–H and O–H groups in total. The normalized spacial score (nSPS) is 19.6. The van der Waals surface area contributed by atoms with Crippen molar-refractivity contribution >= 4 is 11.8 Å². The highest BCUT2D eigenvalue weighted by molar-refractivity contribution is 7.99. The minimum absolute atomic E-state index is 0.142. The summed E-state index contributed by atoms with van der Waals surface area (Å²) < 4.78 is 13.2. The van der Waals surface area contributed by atoms with Crippen molar-refractivity contribution in [2.75, 3.05) is 5.75 Å². The van der Waals surface area contributed by atoms with Crippen LogP contribution in [0, 0.1) is 5.82 Å². The van der Waals surface area contributed by atoms with Crippen molar-refractivity contribution < 1.29 is 4.39 Å². The van der Waals surface area contributed by atoms with Crippen LogP contribution in [0.4, 0.5) is 4.39 Å². The molecule has 0 aliphatic carbocycles. The molecule has 2 unspecified atom stereocenters. The number of hydrogen-bond acceptors (Lipinski definition) is 2. The van der Waals surface area contributed by atoms with Gasteiger partial charge in [-0.25, -0.2) is 4.39 Å². The smallest absolute Gasteiger partial charge is 0.123 e. The lowest BCUT2D eigenvalue weighted by Gasteiger charge is -2.20. The van der Waals surface area contributed by atoms with Gasteiger partial charge in [0.05, 0.1) is 0 Å². The molecule has 1 aliphatic heterocycles. The second-order valence-corrected chi connectivity index (χ2v) is 5.60. The summed E-state index contributed by atoms with van der Waals surface area (Å²) in [6, 6.07) is 14.8. The highest BCUT2D eigenvalue weighted by Gasteiger charge is 2.28. The number of benzene rings is 2. The second kappa shape index (κ2) is 4.75. The fraction of sp³-hybridized carbons (Fsp3) is 0.200. The molecule has 0 fully saturated rings. The average Bonchev–Trinajstić information content (AvgIpc) is 2.82. The second-order valence-electron chi connectivity index (χ2n) is 4.54. The summed E-state index contributed by atoms with van der Waals surface area (Å²) in [7, 11) is 0. The van der Waals surface area contributed by atoms with E-state index in [0.29, 0.717) is 0 Å². The van der Waals surface area contributed by atoms with Crippen LogP contribution in [0.5, 0.6) is 0 Å². The molecular weight excluding hydrogens is 245 g/mol. The maximum absolute atomic E-state index is 13.2. The summed E-state index contributed by atoms with van der Waals surface area (Å²) >= 11 is 1.83. The minimum Gasteiger partial charge on any atom is -0.323 e. The topological polar surface area (TPSA) is 26.0 Å². The van der Waals surface area contributed by atoms with Crippen molar-refractivity contribution in [3.05, 3.63) is 65.5 Å². The summed E-state index contributed by atoms with van der Waals surface area (Å²) in [5, 5.41) is 0. The Kier molecular flexibility index (Phi) is 3.10. The molecule has 0 saturated heterocycles. The predicted molar refractivity (Wildman–Crippen MR) is 73.2 cm³/mol.